The lowest BCUT2D eigenvalue weighted by Gasteiger charge is -2.29. The van der Waals surface area contributed by atoms with Crippen molar-refractivity contribution >= 4 is 0 Å². The van der Waals surface area contributed by atoms with Gasteiger partial charge in [0, 0.05) is 13.2 Å². The highest BCUT2D eigenvalue weighted by molar-refractivity contribution is 4.76. The number of rotatable bonds is 4. The van der Waals surface area contributed by atoms with Gasteiger partial charge in [-0.05, 0) is 38.5 Å². The quantitative estimate of drug-likeness (QED) is 0.727. The number of hydrogen-bond acceptors (Lipinski definition) is 3. The molecule has 3 nitrogen and oxygen atoms in total. The average molecular weight is 213 g/mol. The third kappa shape index (κ3) is 3.44. The van der Waals surface area contributed by atoms with E-state index in [1.54, 1.807) is 0 Å². The number of nitrogens with one attached hydrogen (secondary N) is 1. The maximum Gasteiger partial charge on any atom is 0.0790 e. The maximum atomic E-state index is 5.73. The van der Waals surface area contributed by atoms with Crippen LogP contribution in [0.1, 0.15) is 51.4 Å². The van der Waals surface area contributed by atoms with Gasteiger partial charge in [-0.2, -0.15) is 5.48 Å². The molecule has 2 aliphatic rings. The first kappa shape index (κ1) is 11.4. The first-order valence-electron chi connectivity index (χ1n) is 6.32. The lowest BCUT2D eigenvalue weighted by atomic mass is 9.93. The monoisotopic (exact) mass is 213 g/mol. The molecule has 3 heteroatoms. The standard InChI is InChI=1S/C12H23NO2/c1-14-12-8-4-5-10(9-12)13-15-11-6-2-3-7-11/h10-13H,2-9H2,1H3. The minimum absolute atomic E-state index is 0.434. The van der Waals surface area contributed by atoms with Crippen molar-refractivity contribution in [3.63, 3.8) is 0 Å². The summed E-state index contributed by atoms with van der Waals surface area (Å²) in [6, 6.07) is 0.504. The number of methoxy groups -OCH3 is 1. The Labute approximate surface area is 92.5 Å². The molecule has 88 valence electrons. The van der Waals surface area contributed by atoms with Gasteiger partial charge >= 0.3 is 0 Å². The molecule has 0 bridgehead atoms. The van der Waals surface area contributed by atoms with Crippen LogP contribution < -0.4 is 5.48 Å². The highest BCUT2D eigenvalue weighted by Gasteiger charge is 2.23. The van der Waals surface area contributed by atoms with E-state index < -0.39 is 0 Å². The van der Waals surface area contributed by atoms with E-state index in [1.165, 1.54) is 44.9 Å². The Balaban J connectivity index is 1.65. The van der Waals surface area contributed by atoms with Gasteiger partial charge in [-0.15, -0.1) is 0 Å². The van der Waals surface area contributed by atoms with Crippen LogP contribution in [0.25, 0.3) is 0 Å². The van der Waals surface area contributed by atoms with E-state index >= 15 is 0 Å². The van der Waals surface area contributed by atoms with Crippen LogP contribution in [-0.4, -0.2) is 25.4 Å². The Morgan fingerprint density at radius 2 is 1.67 bits per heavy atom. The molecule has 2 atom stereocenters. The summed E-state index contributed by atoms with van der Waals surface area (Å²) in [6.07, 6.45) is 10.8. The van der Waals surface area contributed by atoms with Crippen molar-refractivity contribution < 1.29 is 9.57 Å². The van der Waals surface area contributed by atoms with Gasteiger partial charge in [-0.1, -0.05) is 12.8 Å². The first-order chi connectivity index (χ1) is 7.38. The molecule has 1 N–H and O–H groups in total. The minimum Gasteiger partial charge on any atom is -0.381 e. The first-order valence-corrected chi connectivity index (χ1v) is 6.32. The summed E-state index contributed by atoms with van der Waals surface area (Å²) in [6.45, 7) is 0. The largest absolute Gasteiger partial charge is 0.381 e. The fraction of sp³-hybridized carbons (Fsp3) is 1.00. The van der Waals surface area contributed by atoms with Crippen LogP contribution in [-0.2, 0) is 9.57 Å². The van der Waals surface area contributed by atoms with Gasteiger partial charge in [0.25, 0.3) is 0 Å². The van der Waals surface area contributed by atoms with Crippen LogP contribution in [0, 0.1) is 0 Å². The molecule has 0 radical (unpaired) electrons. The predicted octanol–water partition coefficient (Wildman–Crippen LogP) is 2.41. The highest BCUT2D eigenvalue weighted by atomic mass is 16.7. The van der Waals surface area contributed by atoms with Gasteiger partial charge in [0.05, 0.1) is 12.2 Å². The second-order valence-corrected chi connectivity index (χ2v) is 4.86. The fourth-order valence-corrected chi connectivity index (χ4v) is 2.66. The molecule has 0 amide bonds. The van der Waals surface area contributed by atoms with Crippen LogP contribution >= 0.6 is 0 Å². The second kappa shape index (κ2) is 5.83. The van der Waals surface area contributed by atoms with Crippen molar-refractivity contribution in [1.29, 1.82) is 0 Å². The molecule has 0 aromatic carbocycles. The molecular formula is C12H23NO2. The molecule has 0 spiro atoms. The Morgan fingerprint density at radius 1 is 0.933 bits per heavy atom. The molecule has 0 aromatic heterocycles. The summed E-state index contributed by atoms with van der Waals surface area (Å²) in [5.74, 6) is 0. The van der Waals surface area contributed by atoms with E-state index in [1.807, 2.05) is 7.11 Å². The van der Waals surface area contributed by atoms with Gasteiger partial charge in [-0.25, -0.2) is 0 Å². The zero-order valence-electron chi connectivity index (χ0n) is 9.71. The lowest BCUT2D eigenvalue weighted by molar-refractivity contribution is -0.0600. The summed E-state index contributed by atoms with van der Waals surface area (Å²) in [4.78, 5) is 5.73. The normalized spacial score (nSPS) is 33.4. The van der Waals surface area contributed by atoms with Crippen molar-refractivity contribution in [1.82, 2.24) is 5.48 Å². The summed E-state index contributed by atoms with van der Waals surface area (Å²) >= 11 is 0. The molecule has 2 rings (SSSR count). The highest BCUT2D eigenvalue weighted by Crippen LogP contribution is 2.23. The topological polar surface area (TPSA) is 30.5 Å². The molecule has 2 unspecified atom stereocenters. The van der Waals surface area contributed by atoms with Crippen LogP contribution in [0.15, 0.2) is 0 Å². The third-order valence-electron chi connectivity index (χ3n) is 3.66. The van der Waals surface area contributed by atoms with E-state index in [2.05, 4.69) is 5.48 Å². The van der Waals surface area contributed by atoms with Gasteiger partial charge in [0.15, 0.2) is 0 Å². The van der Waals surface area contributed by atoms with Gasteiger partial charge in [0.1, 0.15) is 0 Å². The molecule has 0 aromatic rings. The zero-order chi connectivity index (χ0) is 10.5. The van der Waals surface area contributed by atoms with Crippen molar-refractivity contribution in [2.75, 3.05) is 7.11 Å². The third-order valence-corrected chi connectivity index (χ3v) is 3.66. The van der Waals surface area contributed by atoms with E-state index in [9.17, 15) is 0 Å². The van der Waals surface area contributed by atoms with E-state index in [4.69, 9.17) is 9.57 Å². The zero-order valence-corrected chi connectivity index (χ0v) is 9.71. The molecular weight excluding hydrogens is 190 g/mol. The number of ether oxygens (including phenoxy) is 1. The summed E-state index contributed by atoms with van der Waals surface area (Å²) in [5, 5.41) is 0. The van der Waals surface area contributed by atoms with Gasteiger partial charge in [-0.3, -0.25) is 4.84 Å². The maximum absolute atomic E-state index is 5.73. The van der Waals surface area contributed by atoms with Crippen molar-refractivity contribution in [3.8, 4) is 0 Å². The van der Waals surface area contributed by atoms with Crippen molar-refractivity contribution in [2.45, 2.75) is 69.6 Å². The Hall–Kier alpha value is -0.120. The van der Waals surface area contributed by atoms with Crippen molar-refractivity contribution in [3.05, 3.63) is 0 Å². The predicted molar refractivity (Wildman–Crippen MR) is 59.5 cm³/mol. The summed E-state index contributed by atoms with van der Waals surface area (Å²) in [7, 11) is 1.81. The minimum atomic E-state index is 0.434. The second-order valence-electron chi connectivity index (χ2n) is 4.86. The Kier molecular flexibility index (Phi) is 4.42. The fourth-order valence-electron chi connectivity index (χ4n) is 2.66. The van der Waals surface area contributed by atoms with Crippen LogP contribution in [0.3, 0.4) is 0 Å². The number of hydrogen-bond donors (Lipinski definition) is 1. The smallest absolute Gasteiger partial charge is 0.0790 e. The molecule has 0 aliphatic heterocycles. The van der Waals surface area contributed by atoms with E-state index in [0.717, 1.165) is 6.42 Å². The Bertz CT molecular complexity index is 180. The average Bonchev–Trinajstić information content (AvgIpc) is 2.79. The summed E-state index contributed by atoms with van der Waals surface area (Å²) in [5.41, 5.74) is 3.25. The molecule has 0 saturated heterocycles. The van der Waals surface area contributed by atoms with E-state index in [0.29, 0.717) is 18.2 Å². The molecule has 0 heterocycles. The van der Waals surface area contributed by atoms with Crippen molar-refractivity contribution in [2.24, 2.45) is 0 Å². The van der Waals surface area contributed by atoms with Crippen LogP contribution in [0.4, 0.5) is 0 Å². The van der Waals surface area contributed by atoms with Gasteiger partial charge in [0.2, 0.25) is 0 Å². The lowest BCUT2D eigenvalue weighted by Crippen LogP contribution is -2.38. The Morgan fingerprint density at radius 3 is 2.40 bits per heavy atom. The number of hydroxylamine groups is 1. The molecule has 2 fully saturated rings. The summed E-state index contributed by atoms with van der Waals surface area (Å²) < 4.78 is 5.40. The molecule has 15 heavy (non-hydrogen) atoms. The van der Waals surface area contributed by atoms with Crippen LogP contribution in [0.5, 0.6) is 0 Å². The molecule has 2 saturated carbocycles. The SMILES string of the molecule is COC1CCCC(NOC2CCCC2)C1. The van der Waals surface area contributed by atoms with Gasteiger partial charge < -0.3 is 4.74 Å². The van der Waals surface area contributed by atoms with Crippen LogP contribution in [0.2, 0.25) is 0 Å². The van der Waals surface area contributed by atoms with E-state index in [-0.39, 0.29) is 0 Å². The molecule has 2 aliphatic carbocycles.